The van der Waals surface area contributed by atoms with Gasteiger partial charge in [0.15, 0.2) is 0 Å². The number of fused-ring (bicyclic) bond motifs is 4. The van der Waals surface area contributed by atoms with Crippen LogP contribution in [0.25, 0.3) is 11.1 Å². The van der Waals surface area contributed by atoms with Crippen molar-refractivity contribution < 1.29 is 19.4 Å². The molecule has 1 aliphatic heterocycles. The number of ether oxygens (including phenoxy) is 1. The molecule has 2 aliphatic rings. The molecule has 0 atom stereocenters. The van der Waals surface area contributed by atoms with Gasteiger partial charge in [-0.25, -0.2) is 9.59 Å². The summed E-state index contributed by atoms with van der Waals surface area (Å²) in [5.74, 6) is -1.05. The van der Waals surface area contributed by atoms with Crippen molar-refractivity contribution in [2.24, 2.45) is 0 Å². The van der Waals surface area contributed by atoms with Crippen LogP contribution in [0, 0.1) is 0 Å². The summed E-state index contributed by atoms with van der Waals surface area (Å²) in [5, 5.41) is 9.39. The number of carbonyl (C=O) groups excluding carboxylic acids is 1. The lowest BCUT2D eigenvalue weighted by Crippen LogP contribution is -2.31. The Labute approximate surface area is 182 Å². The van der Waals surface area contributed by atoms with Crippen LogP contribution < -0.4 is 4.90 Å². The minimum atomic E-state index is -1.04. The van der Waals surface area contributed by atoms with Crippen LogP contribution in [0.4, 0.5) is 10.5 Å². The van der Waals surface area contributed by atoms with Gasteiger partial charge in [0.05, 0.1) is 11.3 Å². The van der Waals surface area contributed by atoms with Crippen LogP contribution in [0.3, 0.4) is 0 Å². The lowest BCUT2D eigenvalue weighted by atomic mass is 9.98. The first-order chi connectivity index (χ1) is 14.5. The van der Waals surface area contributed by atoms with Crippen molar-refractivity contribution in [2.45, 2.75) is 12.3 Å². The van der Waals surface area contributed by atoms with Gasteiger partial charge >= 0.3 is 12.1 Å². The number of carboxylic acid groups (broad SMARTS) is 1. The number of hydrogen-bond acceptors (Lipinski definition) is 3. The molecule has 30 heavy (non-hydrogen) atoms. The van der Waals surface area contributed by atoms with Gasteiger partial charge in [0, 0.05) is 16.9 Å². The number of amides is 1. The average Bonchev–Trinajstić information content (AvgIpc) is 3.30. The highest BCUT2D eigenvalue weighted by atomic mass is 79.9. The van der Waals surface area contributed by atoms with Gasteiger partial charge < -0.3 is 9.84 Å². The Morgan fingerprint density at radius 1 is 1.03 bits per heavy atom. The maximum atomic E-state index is 12.9. The molecule has 1 aliphatic carbocycles. The first kappa shape index (κ1) is 18.9. The largest absolute Gasteiger partial charge is 0.478 e. The van der Waals surface area contributed by atoms with Crippen molar-refractivity contribution in [3.8, 4) is 11.1 Å². The normalized spacial score (nSPS) is 14.2. The van der Waals surface area contributed by atoms with Crippen molar-refractivity contribution in [1.82, 2.24) is 0 Å². The molecule has 3 aromatic rings. The maximum Gasteiger partial charge on any atom is 0.414 e. The molecule has 5 rings (SSSR count). The molecule has 0 fully saturated rings. The van der Waals surface area contributed by atoms with Crippen LogP contribution in [0.1, 0.15) is 33.0 Å². The lowest BCUT2D eigenvalue weighted by Gasteiger charge is -2.20. The third-order valence-corrected chi connectivity index (χ3v) is 6.51. The molecule has 150 valence electrons. The Hall–Kier alpha value is -3.12. The highest BCUT2D eigenvalue weighted by Crippen LogP contribution is 2.44. The number of aromatic carboxylic acids is 1. The summed E-state index contributed by atoms with van der Waals surface area (Å²) in [5.41, 5.74) is 6.34. The SMILES string of the molecule is O=C(O)c1cc2c(cc1Br)CCN2C(=O)OCC1c2ccccc2-c2ccccc21. The molecule has 5 nitrogen and oxygen atoms in total. The predicted octanol–water partition coefficient (Wildman–Crippen LogP) is 5.46. The van der Waals surface area contributed by atoms with Gasteiger partial charge in [0.1, 0.15) is 6.61 Å². The van der Waals surface area contributed by atoms with Crippen LogP contribution >= 0.6 is 15.9 Å². The third kappa shape index (κ3) is 2.99. The zero-order valence-electron chi connectivity index (χ0n) is 16.0. The number of hydrogen-bond donors (Lipinski definition) is 1. The van der Waals surface area contributed by atoms with E-state index in [0.717, 1.165) is 16.7 Å². The van der Waals surface area contributed by atoms with E-state index in [-0.39, 0.29) is 18.1 Å². The van der Waals surface area contributed by atoms with Gasteiger partial charge in [-0.05, 0) is 62.3 Å². The van der Waals surface area contributed by atoms with Crippen LogP contribution in [-0.2, 0) is 11.2 Å². The second-order valence-electron chi connectivity index (χ2n) is 7.47. The molecule has 1 N–H and O–H groups in total. The van der Waals surface area contributed by atoms with E-state index in [1.807, 2.05) is 24.3 Å². The Bertz CT molecular complexity index is 1140. The molecule has 3 aromatic carbocycles. The minimum Gasteiger partial charge on any atom is -0.478 e. The molecule has 0 spiro atoms. The van der Waals surface area contributed by atoms with Crippen LogP contribution in [0.5, 0.6) is 0 Å². The van der Waals surface area contributed by atoms with Crippen molar-refractivity contribution in [3.63, 3.8) is 0 Å². The van der Waals surface area contributed by atoms with Crippen molar-refractivity contribution in [1.29, 1.82) is 0 Å². The van der Waals surface area contributed by atoms with Crippen LogP contribution in [0.2, 0.25) is 0 Å². The molecule has 0 bridgehead atoms. The van der Waals surface area contributed by atoms with Crippen molar-refractivity contribution in [3.05, 3.63) is 87.4 Å². The predicted molar refractivity (Wildman–Crippen MR) is 117 cm³/mol. The van der Waals surface area contributed by atoms with E-state index < -0.39 is 12.1 Å². The monoisotopic (exact) mass is 463 g/mol. The van der Waals surface area contributed by atoms with E-state index >= 15 is 0 Å². The topological polar surface area (TPSA) is 66.8 Å². The van der Waals surface area contributed by atoms with Gasteiger partial charge in [0.25, 0.3) is 0 Å². The van der Waals surface area contributed by atoms with E-state index in [4.69, 9.17) is 4.74 Å². The number of rotatable bonds is 3. The second kappa shape index (κ2) is 7.29. The van der Waals surface area contributed by atoms with E-state index in [0.29, 0.717) is 23.1 Å². The fourth-order valence-corrected chi connectivity index (χ4v) is 4.99. The molecule has 0 aromatic heterocycles. The quantitative estimate of drug-likeness (QED) is 0.559. The summed E-state index contributed by atoms with van der Waals surface area (Å²) in [6, 6.07) is 19.7. The number of carboxylic acids is 1. The van der Waals surface area contributed by atoms with E-state index in [1.54, 1.807) is 6.07 Å². The second-order valence-corrected chi connectivity index (χ2v) is 8.33. The molecule has 1 heterocycles. The molecule has 0 unspecified atom stereocenters. The zero-order chi connectivity index (χ0) is 20.8. The summed E-state index contributed by atoms with van der Waals surface area (Å²) >= 11 is 3.30. The Kier molecular flexibility index (Phi) is 4.59. The molecule has 1 amide bonds. The zero-order valence-corrected chi connectivity index (χ0v) is 17.6. The number of nitrogens with zero attached hydrogens (tertiary/aromatic N) is 1. The van der Waals surface area contributed by atoms with Crippen molar-refractivity contribution in [2.75, 3.05) is 18.1 Å². The standard InChI is InChI=1S/C24H18BrNO4/c25-21-11-14-9-10-26(22(14)12-19(21)23(27)28)24(29)30-13-20-17-7-3-1-5-15(17)16-6-2-4-8-18(16)20/h1-8,11-12,20H,9-10,13H2,(H,27,28). The number of benzene rings is 3. The Balaban J connectivity index is 1.39. The molecule has 0 saturated carbocycles. The van der Waals surface area contributed by atoms with E-state index in [1.165, 1.54) is 22.1 Å². The first-order valence-corrected chi connectivity index (χ1v) is 10.5. The highest BCUT2D eigenvalue weighted by molar-refractivity contribution is 9.10. The molecule has 0 radical (unpaired) electrons. The van der Waals surface area contributed by atoms with Crippen LogP contribution in [0.15, 0.2) is 65.1 Å². The average molecular weight is 464 g/mol. The molecular weight excluding hydrogens is 446 g/mol. The van der Waals surface area contributed by atoms with Gasteiger partial charge in [-0.2, -0.15) is 0 Å². The summed E-state index contributed by atoms with van der Waals surface area (Å²) in [4.78, 5) is 25.9. The molecule has 6 heteroatoms. The van der Waals surface area contributed by atoms with Crippen molar-refractivity contribution >= 4 is 33.7 Å². The number of carbonyl (C=O) groups is 2. The van der Waals surface area contributed by atoms with Gasteiger partial charge in [-0.15, -0.1) is 0 Å². The van der Waals surface area contributed by atoms with Gasteiger partial charge in [-0.1, -0.05) is 48.5 Å². The van der Waals surface area contributed by atoms with E-state index in [2.05, 4.69) is 40.2 Å². The van der Waals surface area contributed by atoms with E-state index in [9.17, 15) is 14.7 Å². The Morgan fingerprint density at radius 3 is 2.30 bits per heavy atom. The smallest absolute Gasteiger partial charge is 0.414 e. The maximum absolute atomic E-state index is 12.9. The van der Waals surface area contributed by atoms with Gasteiger partial charge in [-0.3, -0.25) is 4.90 Å². The number of halogens is 1. The summed E-state index contributed by atoms with van der Waals surface area (Å²) in [6.45, 7) is 0.711. The number of anilines is 1. The molecular formula is C24H18BrNO4. The highest BCUT2D eigenvalue weighted by Gasteiger charge is 2.32. The van der Waals surface area contributed by atoms with Gasteiger partial charge in [0.2, 0.25) is 0 Å². The first-order valence-electron chi connectivity index (χ1n) is 9.73. The summed E-state index contributed by atoms with van der Waals surface area (Å²) < 4.78 is 6.26. The lowest BCUT2D eigenvalue weighted by molar-refractivity contribution is 0.0695. The third-order valence-electron chi connectivity index (χ3n) is 5.85. The fraction of sp³-hybridized carbons (Fsp3) is 0.167. The molecule has 0 saturated heterocycles. The fourth-order valence-electron chi connectivity index (χ4n) is 4.43. The van der Waals surface area contributed by atoms with Crippen LogP contribution in [-0.4, -0.2) is 30.3 Å². The summed E-state index contributed by atoms with van der Waals surface area (Å²) in [6.07, 6.45) is 0.215. The minimum absolute atomic E-state index is 0.0112. The summed E-state index contributed by atoms with van der Waals surface area (Å²) in [7, 11) is 0. The Morgan fingerprint density at radius 2 is 1.67 bits per heavy atom.